The molecule has 0 saturated carbocycles. The Morgan fingerprint density at radius 1 is 0.353 bits per heavy atom. The summed E-state index contributed by atoms with van der Waals surface area (Å²) in [4.78, 5) is 40.8. The number of carbonyl (C=O) groups is 3. The Hall–Kier alpha value is -6.87. The SMILES string of the molecule is COc1cc2ccccc2cc1C(=O)Oc1cc(OC(=O)c2cc3ccccc3cc2OC)cc(OC(=O)c2cc3ccccc3cc2OC)c1. The normalized spacial score (nSPS) is 10.9. The molecule has 0 atom stereocenters. The molecular weight excluding hydrogens is 648 g/mol. The minimum absolute atomic E-state index is 0.0562. The molecule has 9 heteroatoms. The van der Waals surface area contributed by atoms with Gasteiger partial charge in [0.1, 0.15) is 51.2 Å². The number of esters is 3. The average molecular weight is 679 g/mol. The van der Waals surface area contributed by atoms with Crippen molar-refractivity contribution in [3.63, 3.8) is 0 Å². The molecule has 7 aromatic carbocycles. The largest absolute Gasteiger partial charge is 0.496 e. The highest BCUT2D eigenvalue weighted by atomic mass is 16.6. The van der Waals surface area contributed by atoms with Crippen LogP contribution >= 0.6 is 0 Å². The molecule has 0 spiro atoms. The van der Waals surface area contributed by atoms with Crippen LogP contribution in [0.4, 0.5) is 0 Å². The summed E-state index contributed by atoms with van der Waals surface area (Å²) in [7, 11) is 4.38. The predicted octanol–water partition coefficient (Wildman–Crippen LogP) is 8.83. The lowest BCUT2D eigenvalue weighted by Gasteiger charge is -2.14. The van der Waals surface area contributed by atoms with Crippen molar-refractivity contribution in [3.05, 3.63) is 144 Å². The van der Waals surface area contributed by atoms with Crippen LogP contribution in [0, 0.1) is 0 Å². The second kappa shape index (κ2) is 13.9. The van der Waals surface area contributed by atoms with Crippen molar-refractivity contribution >= 4 is 50.2 Å². The summed E-state index contributed by atoms with van der Waals surface area (Å²) in [6.07, 6.45) is 0. The quantitative estimate of drug-likeness (QED) is 0.109. The van der Waals surface area contributed by atoms with E-state index in [4.69, 9.17) is 28.4 Å². The van der Waals surface area contributed by atoms with Crippen molar-refractivity contribution < 1.29 is 42.8 Å². The van der Waals surface area contributed by atoms with E-state index in [1.807, 2.05) is 72.8 Å². The minimum atomic E-state index is -0.745. The number of benzene rings is 7. The fourth-order valence-electron chi connectivity index (χ4n) is 5.85. The number of carbonyl (C=O) groups excluding carboxylic acids is 3. The van der Waals surface area contributed by atoms with E-state index in [0.717, 1.165) is 32.3 Å². The van der Waals surface area contributed by atoms with Crippen molar-refractivity contribution in [3.8, 4) is 34.5 Å². The van der Waals surface area contributed by atoms with Gasteiger partial charge in [-0.15, -0.1) is 0 Å². The number of methoxy groups -OCH3 is 3. The predicted molar refractivity (Wildman–Crippen MR) is 193 cm³/mol. The number of ether oxygens (including phenoxy) is 6. The van der Waals surface area contributed by atoms with Crippen LogP contribution in [-0.4, -0.2) is 39.2 Å². The minimum Gasteiger partial charge on any atom is -0.496 e. The molecule has 0 aliphatic heterocycles. The van der Waals surface area contributed by atoms with Gasteiger partial charge in [0.05, 0.1) is 21.3 Å². The molecular formula is C42H30O9. The average Bonchev–Trinajstić information content (AvgIpc) is 3.15. The molecule has 0 saturated heterocycles. The topological polar surface area (TPSA) is 107 Å². The molecule has 7 rings (SSSR count). The summed E-state index contributed by atoms with van der Waals surface area (Å²) in [5.41, 5.74) is 0.497. The summed E-state index contributed by atoms with van der Waals surface area (Å²) in [6, 6.07) is 36.8. The van der Waals surface area contributed by atoms with Crippen molar-refractivity contribution in [1.82, 2.24) is 0 Å². The first-order valence-corrected chi connectivity index (χ1v) is 15.9. The van der Waals surface area contributed by atoms with Crippen LogP contribution in [-0.2, 0) is 0 Å². The lowest BCUT2D eigenvalue weighted by Crippen LogP contribution is -2.14. The zero-order valence-corrected chi connectivity index (χ0v) is 27.8. The van der Waals surface area contributed by atoms with Gasteiger partial charge < -0.3 is 28.4 Å². The van der Waals surface area contributed by atoms with Gasteiger partial charge in [0.25, 0.3) is 0 Å². The summed E-state index contributed by atoms with van der Waals surface area (Å²) >= 11 is 0. The molecule has 7 aromatic rings. The Labute approximate surface area is 292 Å². The van der Waals surface area contributed by atoms with Crippen LogP contribution in [0.25, 0.3) is 32.3 Å². The number of fused-ring (bicyclic) bond motifs is 3. The van der Waals surface area contributed by atoms with E-state index in [0.29, 0.717) is 17.2 Å². The van der Waals surface area contributed by atoms with E-state index in [9.17, 15) is 14.4 Å². The maximum Gasteiger partial charge on any atom is 0.347 e. The molecule has 0 aromatic heterocycles. The molecule has 252 valence electrons. The van der Waals surface area contributed by atoms with Crippen molar-refractivity contribution in [2.24, 2.45) is 0 Å². The maximum absolute atomic E-state index is 13.6. The number of rotatable bonds is 9. The maximum atomic E-state index is 13.6. The lowest BCUT2D eigenvalue weighted by molar-refractivity contribution is 0.0728. The summed E-state index contributed by atoms with van der Waals surface area (Å²) in [6.45, 7) is 0. The third-order valence-corrected chi connectivity index (χ3v) is 8.35. The molecule has 0 aliphatic carbocycles. The van der Waals surface area contributed by atoms with Crippen LogP contribution in [0.1, 0.15) is 31.1 Å². The lowest BCUT2D eigenvalue weighted by atomic mass is 10.1. The Morgan fingerprint density at radius 3 is 0.824 bits per heavy atom. The van der Waals surface area contributed by atoms with E-state index in [2.05, 4.69) is 0 Å². The van der Waals surface area contributed by atoms with Gasteiger partial charge >= 0.3 is 17.9 Å². The Balaban J connectivity index is 1.25. The third kappa shape index (κ3) is 6.73. The van der Waals surface area contributed by atoms with Gasteiger partial charge in [-0.1, -0.05) is 72.8 Å². The second-order valence-corrected chi connectivity index (χ2v) is 11.5. The fraction of sp³-hybridized carbons (Fsp3) is 0.0714. The van der Waals surface area contributed by atoms with Crippen LogP contribution in [0.5, 0.6) is 34.5 Å². The standard InChI is InChI=1S/C42H30O9/c1-46-37-19-28-13-7-4-10-25(28)16-34(37)40(43)49-31-22-32(50-41(44)35-17-26-11-5-8-14-29(26)20-38(35)47-2)24-33(23-31)51-42(45)36-18-27-12-6-9-15-30(27)21-39(36)48-3/h4-24H,1-3H3. The number of hydrogen-bond acceptors (Lipinski definition) is 9. The molecule has 0 radical (unpaired) electrons. The first-order valence-electron chi connectivity index (χ1n) is 15.9. The van der Waals surface area contributed by atoms with Gasteiger partial charge in [-0.3, -0.25) is 0 Å². The second-order valence-electron chi connectivity index (χ2n) is 11.5. The highest BCUT2D eigenvalue weighted by Crippen LogP contribution is 2.34. The van der Waals surface area contributed by atoms with Gasteiger partial charge in [-0.25, -0.2) is 14.4 Å². The van der Waals surface area contributed by atoms with E-state index in [1.165, 1.54) is 39.5 Å². The highest BCUT2D eigenvalue weighted by Gasteiger charge is 2.22. The summed E-state index contributed by atoms with van der Waals surface area (Å²) < 4.78 is 33.9. The first kappa shape index (κ1) is 32.7. The van der Waals surface area contributed by atoms with Crippen LogP contribution < -0.4 is 28.4 Å². The first-order chi connectivity index (χ1) is 24.8. The molecule has 0 unspecified atom stereocenters. The molecule has 0 fully saturated rings. The highest BCUT2D eigenvalue weighted by molar-refractivity contribution is 6.02. The zero-order chi connectivity index (χ0) is 35.5. The van der Waals surface area contributed by atoms with E-state index < -0.39 is 17.9 Å². The van der Waals surface area contributed by atoms with Crippen molar-refractivity contribution in [2.75, 3.05) is 21.3 Å². The monoisotopic (exact) mass is 678 g/mol. The van der Waals surface area contributed by atoms with Crippen LogP contribution in [0.3, 0.4) is 0 Å². The molecule has 0 heterocycles. The van der Waals surface area contributed by atoms with Gasteiger partial charge in [0.15, 0.2) is 0 Å². The summed E-state index contributed by atoms with van der Waals surface area (Å²) in [5, 5.41) is 5.04. The summed E-state index contributed by atoms with van der Waals surface area (Å²) in [5.74, 6) is -1.49. The molecule has 0 bridgehead atoms. The van der Waals surface area contributed by atoms with Crippen molar-refractivity contribution in [2.45, 2.75) is 0 Å². The number of hydrogen-bond donors (Lipinski definition) is 0. The van der Waals surface area contributed by atoms with Crippen molar-refractivity contribution in [1.29, 1.82) is 0 Å². The Bertz CT molecular complexity index is 2200. The smallest absolute Gasteiger partial charge is 0.347 e. The molecule has 9 nitrogen and oxygen atoms in total. The fourth-order valence-corrected chi connectivity index (χ4v) is 5.85. The van der Waals surface area contributed by atoms with E-state index in [-0.39, 0.29) is 33.9 Å². The third-order valence-electron chi connectivity index (χ3n) is 8.35. The van der Waals surface area contributed by atoms with Gasteiger partial charge in [0.2, 0.25) is 0 Å². The van der Waals surface area contributed by atoms with E-state index in [1.54, 1.807) is 36.4 Å². The van der Waals surface area contributed by atoms with Gasteiger partial charge in [-0.2, -0.15) is 0 Å². The molecule has 0 amide bonds. The van der Waals surface area contributed by atoms with Gasteiger partial charge in [0, 0.05) is 18.2 Å². The molecule has 0 aliphatic rings. The zero-order valence-electron chi connectivity index (χ0n) is 27.8. The molecule has 0 N–H and O–H groups in total. The van der Waals surface area contributed by atoms with Gasteiger partial charge in [-0.05, 0) is 68.7 Å². The van der Waals surface area contributed by atoms with Crippen LogP contribution in [0.2, 0.25) is 0 Å². The molecule has 51 heavy (non-hydrogen) atoms. The Kier molecular flexibility index (Phi) is 8.92. The van der Waals surface area contributed by atoms with E-state index >= 15 is 0 Å². The van der Waals surface area contributed by atoms with Crippen LogP contribution in [0.15, 0.2) is 127 Å². The Morgan fingerprint density at radius 2 is 0.588 bits per heavy atom.